The summed E-state index contributed by atoms with van der Waals surface area (Å²) >= 11 is 0. The van der Waals surface area contributed by atoms with Crippen LogP contribution in [0.25, 0.3) is 0 Å². The summed E-state index contributed by atoms with van der Waals surface area (Å²) < 4.78 is 5.24. The van der Waals surface area contributed by atoms with Crippen molar-refractivity contribution in [2.24, 2.45) is 0 Å². The average molecular weight is 230 g/mol. The van der Waals surface area contributed by atoms with Crippen LogP contribution >= 0.6 is 0 Å². The first kappa shape index (κ1) is 15.4. The Morgan fingerprint density at radius 1 is 1.25 bits per heavy atom. The summed E-state index contributed by atoms with van der Waals surface area (Å²) in [6, 6.07) is 0.170. The number of likely N-dealkylation sites (N-methyl/N-ethyl adjacent to an activating group) is 1. The molecular formula is C12H26N2O2. The molecule has 0 saturated heterocycles. The van der Waals surface area contributed by atoms with E-state index in [-0.39, 0.29) is 24.7 Å². The minimum atomic E-state index is -0.0339. The van der Waals surface area contributed by atoms with Gasteiger partial charge in [-0.05, 0) is 33.9 Å². The van der Waals surface area contributed by atoms with Gasteiger partial charge < -0.3 is 15.0 Å². The lowest BCUT2D eigenvalue weighted by Crippen LogP contribution is -2.43. The summed E-state index contributed by atoms with van der Waals surface area (Å²) in [7, 11) is 0. The maximum absolute atomic E-state index is 11.5. The zero-order valence-corrected chi connectivity index (χ0v) is 11.2. The molecule has 4 heteroatoms. The number of rotatable bonds is 8. The van der Waals surface area contributed by atoms with Gasteiger partial charge >= 0.3 is 0 Å². The highest BCUT2D eigenvalue weighted by Gasteiger charge is 2.10. The van der Waals surface area contributed by atoms with E-state index in [0.29, 0.717) is 0 Å². The van der Waals surface area contributed by atoms with Gasteiger partial charge in [0.15, 0.2) is 0 Å². The van der Waals surface area contributed by atoms with Gasteiger partial charge in [0.25, 0.3) is 0 Å². The van der Waals surface area contributed by atoms with E-state index in [1.807, 2.05) is 20.8 Å². The van der Waals surface area contributed by atoms with Crippen LogP contribution in [0.4, 0.5) is 0 Å². The summed E-state index contributed by atoms with van der Waals surface area (Å²) in [4.78, 5) is 13.7. The van der Waals surface area contributed by atoms with Crippen molar-refractivity contribution in [2.45, 2.75) is 46.8 Å². The second kappa shape index (κ2) is 8.53. The molecule has 4 nitrogen and oxygen atoms in total. The van der Waals surface area contributed by atoms with Gasteiger partial charge in [-0.15, -0.1) is 0 Å². The van der Waals surface area contributed by atoms with Crippen molar-refractivity contribution in [3.63, 3.8) is 0 Å². The highest BCUT2D eigenvalue weighted by atomic mass is 16.5. The number of carbonyl (C=O) groups is 1. The van der Waals surface area contributed by atoms with Crippen LogP contribution in [0.1, 0.15) is 34.6 Å². The van der Waals surface area contributed by atoms with Crippen molar-refractivity contribution < 1.29 is 9.53 Å². The molecule has 1 N–H and O–H groups in total. The van der Waals surface area contributed by atoms with E-state index >= 15 is 0 Å². The molecule has 0 bridgehead atoms. The minimum Gasteiger partial charge on any atom is -0.369 e. The second-order valence-electron chi connectivity index (χ2n) is 4.31. The average Bonchev–Trinajstić information content (AvgIpc) is 2.23. The topological polar surface area (TPSA) is 41.6 Å². The Labute approximate surface area is 99.3 Å². The maximum Gasteiger partial charge on any atom is 0.246 e. The molecule has 0 aliphatic carbocycles. The largest absolute Gasteiger partial charge is 0.369 e. The van der Waals surface area contributed by atoms with Crippen molar-refractivity contribution in [3.05, 3.63) is 0 Å². The van der Waals surface area contributed by atoms with E-state index in [4.69, 9.17) is 4.74 Å². The van der Waals surface area contributed by atoms with Crippen LogP contribution in [0.2, 0.25) is 0 Å². The third-order valence-corrected chi connectivity index (χ3v) is 2.38. The maximum atomic E-state index is 11.5. The zero-order valence-electron chi connectivity index (χ0n) is 11.2. The van der Waals surface area contributed by atoms with Gasteiger partial charge in [-0.3, -0.25) is 4.79 Å². The van der Waals surface area contributed by atoms with Gasteiger partial charge in [-0.1, -0.05) is 13.8 Å². The van der Waals surface area contributed by atoms with E-state index in [1.165, 1.54) is 0 Å². The first-order valence-electron chi connectivity index (χ1n) is 6.12. The first-order chi connectivity index (χ1) is 7.49. The summed E-state index contributed by atoms with van der Waals surface area (Å²) in [5.41, 5.74) is 0. The number of nitrogens with one attached hydrogen (secondary N) is 1. The van der Waals surface area contributed by atoms with Crippen LogP contribution in [0, 0.1) is 0 Å². The second-order valence-corrected chi connectivity index (χ2v) is 4.31. The molecule has 0 fully saturated rings. The molecule has 0 aliphatic heterocycles. The molecule has 0 aromatic rings. The zero-order chi connectivity index (χ0) is 12.6. The van der Waals surface area contributed by atoms with Crippen molar-refractivity contribution in [2.75, 3.05) is 26.2 Å². The number of hydrogen-bond donors (Lipinski definition) is 1. The lowest BCUT2D eigenvalue weighted by Gasteiger charge is -2.23. The molecule has 16 heavy (non-hydrogen) atoms. The van der Waals surface area contributed by atoms with Crippen LogP contribution in [0.5, 0.6) is 0 Å². The fourth-order valence-corrected chi connectivity index (χ4v) is 1.47. The summed E-state index contributed by atoms with van der Waals surface area (Å²) in [5.74, 6) is -0.0339. The number of ether oxygens (including phenoxy) is 1. The SMILES string of the molecule is CCN(CC)CC(C)NC(=O)COC(C)C. The predicted molar refractivity (Wildman–Crippen MR) is 66.5 cm³/mol. The van der Waals surface area contributed by atoms with E-state index in [9.17, 15) is 4.79 Å². The fourth-order valence-electron chi connectivity index (χ4n) is 1.47. The van der Waals surface area contributed by atoms with Crippen molar-refractivity contribution in [1.82, 2.24) is 10.2 Å². The van der Waals surface area contributed by atoms with Gasteiger partial charge in [0.1, 0.15) is 6.61 Å². The monoisotopic (exact) mass is 230 g/mol. The molecule has 1 atom stereocenters. The number of nitrogens with zero attached hydrogens (tertiary/aromatic N) is 1. The van der Waals surface area contributed by atoms with E-state index < -0.39 is 0 Å². The molecule has 0 aliphatic rings. The molecular weight excluding hydrogens is 204 g/mol. The Kier molecular flexibility index (Phi) is 8.21. The van der Waals surface area contributed by atoms with Gasteiger partial charge in [0.05, 0.1) is 6.10 Å². The molecule has 0 radical (unpaired) electrons. The molecule has 0 spiro atoms. The normalized spacial score (nSPS) is 13.2. The van der Waals surface area contributed by atoms with Crippen LogP contribution in [-0.2, 0) is 9.53 Å². The summed E-state index contributed by atoms with van der Waals surface area (Å²) in [6.45, 7) is 13.2. The van der Waals surface area contributed by atoms with E-state index in [2.05, 4.69) is 24.1 Å². The Hall–Kier alpha value is -0.610. The highest BCUT2D eigenvalue weighted by molar-refractivity contribution is 5.77. The molecule has 1 amide bonds. The van der Waals surface area contributed by atoms with Crippen LogP contribution in [0.3, 0.4) is 0 Å². The smallest absolute Gasteiger partial charge is 0.246 e. The van der Waals surface area contributed by atoms with Gasteiger partial charge in [0, 0.05) is 12.6 Å². The van der Waals surface area contributed by atoms with Gasteiger partial charge in [0.2, 0.25) is 5.91 Å². The summed E-state index contributed by atoms with van der Waals surface area (Å²) in [6.07, 6.45) is 0.101. The van der Waals surface area contributed by atoms with Gasteiger partial charge in [-0.25, -0.2) is 0 Å². The van der Waals surface area contributed by atoms with Crippen LogP contribution < -0.4 is 5.32 Å². The lowest BCUT2D eigenvalue weighted by atomic mass is 10.3. The number of amides is 1. The van der Waals surface area contributed by atoms with Crippen LogP contribution in [0.15, 0.2) is 0 Å². The Bertz CT molecular complexity index is 191. The third kappa shape index (κ3) is 7.65. The Balaban J connectivity index is 3.77. The minimum absolute atomic E-state index is 0.0339. The van der Waals surface area contributed by atoms with Gasteiger partial charge in [-0.2, -0.15) is 0 Å². The standard InChI is InChI=1S/C12H26N2O2/c1-6-14(7-2)8-11(5)13-12(15)9-16-10(3)4/h10-11H,6-9H2,1-5H3,(H,13,15). The Morgan fingerprint density at radius 2 is 1.81 bits per heavy atom. The molecule has 0 aromatic carbocycles. The quantitative estimate of drug-likeness (QED) is 0.682. The highest BCUT2D eigenvalue weighted by Crippen LogP contribution is 1.92. The van der Waals surface area contributed by atoms with E-state index in [0.717, 1.165) is 19.6 Å². The summed E-state index contributed by atoms with van der Waals surface area (Å²) in [5, 5.41) is 2.93. The molecule has 96 valence electrons. The van der Waals surface area contributed by atoms with Crippen molar-refractivity contribution in [3.8, 4) is 0 Å². The molecule has 0 heterocycles. The van der Waals surface area contributed by atoms with Crippen LogP contribution in [-0.4, -0.2) is 49.2 Å². The van der Waals surface area contributed by atoms with Crippen molar-refractivity contribution >= 4 is 5.91 Å². The number of carbonyl (C=O) groups excluding carboxylic acids is 1. The Morgan fingerprint density at radius 3 is 2.25 bits per heavy atom. The molecule has 1 unspecified atom stereocenters. The molecule has 0 saturated carbocycles. The fraction of sp³-hybridized carbons (Fsp3) is 0.917. The first-order valence-corrected chi connectivity index (χ1v) is 6.12. The number of hydrogen-bond acceptors (Lipinski definition) is 3. The predicted octanol–water partition coefficient (Wildman–Crippen LogP) is 1.26. The van der Waals surface area contributed by atoms with Crippen molar-refractivity contribution in [1.29, 1.82) is 0 Å². The molecule has 0 rings (SSSR count). The van der Waals surface area contributed by atoms with E-state index in [1.54, 1.807) is 0 Å². The third-order valence-electron chi connectivity index (χ3n) is 2.38. The lowest BCUT2D eigenvalue weighted by molar-refractivity contribution is -0.127. The molecule has 0 aromatic heterocycles.